The van der Waals surface area contributed by atoms with Gasteiger partial charge in [-0.2, -0.15) is 0 Å². The Morgan fingerprint density at radius 2 is 2.00 bits per heavy atom. The Labute approximate surface area is 87.4 Å². The predicted octanol–water partition coefficient (Wildman–Crippen LogP) is 2.44. The molecule has 0 bridgehead atoms. The average molecular weight is 197 g/mol. The van der Waals surface area contributed by atoms with E-state index in [0.29, 0.717) is 0 Å². The van der Waals surface area contributed by atoms with Crippen LogP contribution in [-0.4, -0.2) is 14.6 Å². The molecule has 0 amide bonds. The van der Waals surface area contributed by atoms with Crippen LogP contribution < -0.4 is 0 Å². The molecule has 3 heteroatoms. The quantitative estimate of drug-likeness (QED) is 0.599. The lowest BCUT2D eigenvalue weighted by Crippen LogP contribution is -1.91. The van der Waals surface area contributed by atoms with Crippen molar-refractivity contribution in [3.63, 3.8) is 0 Å². The van der Waals surface area contributed by atoms with Crippen LogP contribution in [0.5, 0.6) is 0 Å². The molecule has 0 aliphatic carbocycles. The molecule has 0 saturated heterocycles. The van der Waals surface area contributed by atoms with Crippen molar-refractivity contribution in [2.45, 2.75) is 13.3 Å². The zero-order valence-corrected chi connectivity index (χ0v) is 8.51. The van der Waals surface area contributed by atoms with Crippen molar-refractivity contribution < 1.29 is 0 Å². The maximum absolute atomic E-state index is 4.23. The lowest BCUT2D eigenvalue weighted by atomic mass is 10.2. The second-order valence-corrected chi connectivity index (χ2v) is 3.57. The number of rotatable bonds is 1. The van der Waals surface area contributed by atoms with Crippen molar-refractivity contribution in [1.82, 2.24) is 14.6 Å². The molecular formula is C12H11N3. The third kappa shape index (κ3) is 1.13. The van der Waals surface area contributed by atoms with Crippen LogP contribution in [0, 0.1) is 0 Å². The zero-order valence-electron chi connectivity index (χ0n) is 8.51. The standard InChI is InChI=1S/C12H11N3/c1-2-11-13-14-12-10-6-4-3-5-9(10)7-8-15(11)12/h3-8H,2H2,1H3. The first kappa shape index (κ1) is 8.41. The summed E-state index contributed by atoms with van der Waals surface area (Å²) >= 11 is 0. The average Bonchev–Trinajstić information content (AvgIpc) is 2.72. The third-order valence-corrected chi connectivity index (χ3v) is 2.69. The molecule has 0 aliphatic rings. The molecule has 0 radical (unpaired) electrons. The minimum absolute atomic E-state index is 0.902. The Morgan fingerprint density at radius 1 is 1.13 bits per heavy atom. The summed E-state index contributed by atoms with van der Waals surface area (Å²) in [4.78, 5) is 0. The SMILES string of the molecule is CCc1nnc2c3ccccc3ccn12. The van der Waals surface area contributed by atoms with Crippen molar-refractivity contribution in [2.24, 2.45) is 0 Å². The Balaban J connectivity index is 2.50. The van der Waals surface area contributed by atoms with E-state index in [1.165, 1.54) is 5.39 Å². The summed E-state index contributed by atoms with van der Waals surface area (Å²) in [6.45, 7) is 2.09. The molecule has 3 rings (SSSR count). The number of aromatic nitrogens is 3. The van der Waals surface area contributed by atoms with E-state index in [-0.39, 0.29) is 0 Å². The molecule has 74 valence electrons. The maximum atomic E-state index is 4.23. The van der Waals surface area contributed by atoms with E-state index in [4.69, 9.17) is 0 Å². The van der Waals surface area contributed by atoms with Gasteiger partial charge in [-0.05, 0) is 11.5 Å². The highest BCUT2D eigenvalue weighted by Gasteiger charge is 2.05. The van der Waals surface area contributed by atoms with Crippen LogP contribution >= 0.6 is 0 Å². The number of nitrogens with zero attached hydrogens (tertiary/aromatic N) is 3. The summed E-state index contributed by atoms with van der Waals surface area (Å²) in [5.74, 6) is 1.01. The molecule has 3 nitrogen and oxygen atoms in total. The lowest BCUT2D eigenvalue weighted by molar-refractivity contribution is 0.910. The van der Waals surface area contributed by atoms with Gasteiger partial charge >= 0.3 is 0 Å². The highest BCUT2D eigenvalue weighted by Crippen LogP contribution is 2.18. The molecule has 1 aromatic carbocycles. The summed E-state index contributed by atoms with van der Waals surface area (Å²) in [6.07, 6.45) is 2.94. The Hall–Kier alpha value is -1.90. The largest absolute Gasteiger partial charge is 0.286 e. The van der Waals surface area contributed by atoms with Crippen molar-refractivity contribution >= 4 is 16.4 Å². The van der Waals surface area contributed by atoms with Gasteiger partial charge in [0.05, 0.1) is 0 Å². The van der Waals surface area contributed by atoms with Gasteiger partial charge in [0.25, 0.3) is 0 Å². The number of hydrogen-bond acceptors (Lipinski definition) is 2. The molecule has 2 aromatic heterocycles. The van der Waals surface area contributed by atoms with E-state index in [0.717, 1.165) is 23.3 Å². The lowest BCUT2D eigenvalue weighted by Gasteiger charge is -2.00. The van der Waals surface area contributed by atoms with Gasteiger partial charge < -0.3 is 0 Å². The van der Waals surface area contributed by atoms with Crippen molar-refractivity contribution in [3.8, 4) is 0 Å². The van der Waals surface area contributed by atoms with E-state index in [1.54, 1.807) is 0 Å². The van der Waals surface area contributed by atoms with Crippen LogP contribution in [0.1, 0.15) is 12.7 Å². The van der Waals surface area contributed by atoms with E-state index in [2.05, 4.69) is 39.7 Å². The van der Waals surface area contributed by atoms with Gasteiger partial charge in [0.15, 0.2) is 5.65 Å². The Morgan fingerprint density at radius 3 is 2.87 bits per heavy atom. The number of pyridine rings is 1. The van der Waals surface area contributed by atoms with E-state index in [1.807, 2.05) is 18.3 Å². The number of hydrogen-bond donors (Lipinski definition) is 0. The minimum atomic E-state index is 0.902. The van der Waals surface area contributed by atoms with Gasteiger partial charge in [0.1, 0.15) is 5.82 Å². The summed E-state index contributed by atoms with van der Waals surface area (Å²) in [6, 6.07) is 10.3. The summed E-state index contributed by atoms with van der Waals surface area (Å²) in [5.41, 5.74) is 0.949. The molecule has 0 aliphatic heterocycles. The van der Waals surface area contributed by atoms with E-state index in [9.17, 15) is 0 Å². The number of aryl methyl sites for hydroxylation is 1. The smallest absolute Gasteiger partial charge is 0.168 e. The topological polar surface area (TPSA) is 30.2 Å². The monoisotopic (exact) mass is 197 g/mol. The molecule has 0 saturated carbocycles. The molecule has 0 fully saturated rings. The first-order valence-electron chi connectivity index (χ1n) is 5.11. The highest BCUT2D eigenvalue weighted by molar-refractivity contribution is 5.93. The van der Waals surface area contributed by atoms with Crippen molar-refractivity contribution in [1.29, 1.82) is 0 Å². The molecule has 2 heterocycles. The van der Waals surface area contributed by atoms with E-state index >= 15 is 0 Å². The van der Waals surface area contributed by atoms with Gasteiger partial charge in [-0.1, -0.05) is 31.2 Å². The first-order valence-corrected chi connectivity index (χ1v) is 5.11. The molecular weight excluding hydrogens is 186 g/mol. The van der Waals surface area contributed by atoms with Crippen LogP contribution in [0.2, 0.25) is 0 Å². The van der Waals surface area contributed by atoms with Crippen LogP contribution in [0.3, 0.4) is 0 Å². The Bertz CT molecular complexity index is 625. The Kier molecular flexibility index (Phi) is 1.71. The fourth-order valence-corrected chi connectivity index (χ4v) is 1.91. The van der Waals surface area contributed by atoms with Gasteiger partial charge in [0.2, 0.25) is 0 Å². The fourth-order valence-electron chi connectivity index (χ4n) is 1.91. The molecule has 15 heavy (non-hydrogen) atoms. The van der Waals surface area contributed by atoms with Gasteiger partial charge in [0, 0.05) is 18.0 Å². The third-order valence-electron chi connectivity index (χ3n) is 2.69. The number of benzene rings is 1. The van der Waals surface area contributed by atoms with E-state index < -0.39 is 0 Å². The van der Waals surface area contributed by atoms with Gasteiger partial charge in [-0.25, -0.2) is 0 Å². The molecule has 0 atom stereocenters. The molecule has 0 N–H and O–H groups in total. The zero-order chi connectivity index (χ0) is 10.3. The summed E-state index contributed by atoms with van der Waals surface area (Å²) in [5, 5.41) is 10.8. The van der Waals surface area contributed by atoms with Crippen molar-refractivity contribution in [3.05, 3.63) is 42.4 Å². The summed E-state index contributed by atoms with van der Waals surface area (Å²) in [7, 11) is 0. The first-order chi connectivity index (χ1) is 7.40. The number of fused-ring (bicyclic) bond motifs is 3. The van der Waals surface area contributed by atoms with Crippen LogP contribution in [0.15, 0.2) is 36.5 Å². The normalized spacial score (nSPS) is 11.3. The van der Waals surface area contributed by atoms with Gasteiger partial charge in [-0.15, -0.1) is 10.2 Å². The minimum Gasteiger partial charge on any atom is -0.286 e. The highest BCUT2D eigenvalue weighted by atomic mass is 15.2. The fraction of sp³-hybridized carbons (Fsp3) is 0.167. The maximum Gasteiger partial charge on any atom is 0.168 e. The summed E-state index contributed by atoms with van der Waals surface area (Å²) < 4.78 is 2.06. The van der Waals surface area contributed by atoms with Gasteiger partial charge in [-0.3, -0.25) is 4.40 Å². The molecule has 3 aromatic rings. The second kappa shape index (κ2) is 3.05. The predicted molar refractivity (Wildman–Crippen MR) is 59.9 cm³/mol. The molecule has 0 unspecified atom stereocenters. The van der Waals surface area contributed by atoms with Crippen LogP contribution in [0.4, 0.5) is 0 Å². The van der Waals surface area contributed by atoms with Crippen molar-refractivity contribution in [2.75, 3.05) is 0 Å². The molecule has 0 spiro atoms. The van der Waals surface area contributed by atoms with Crippen LogP contribution in [0.25, 0.3) is 16.4 Å². The second-order valence-electron chi connectivity index (χ2n) is 3.57. The van der Waals surface area contributed by atoms with Crippen LogP contribution in [-0.2, 0) is 6.42 Å².